The normalized spacial score (nSPS) is 15.4. The van der Waals surface area contributed by atoms with Gasteiger partial charge < -0.3 is 5.32 Å². The first-order valence-electron chi connectivity index (χ1n) is 8.41. The molecule has 0 saturated heterocycles. The maximum absolute atomic E-state index is 4.81. The van der Waals surface area contributed by atoms with Crippen molar-refractivity contribution in [1.29, 1.82) is 0 Å². The summed E-state index contributed by atoms with van der Waals surface area (Å²) in [6.07, 6.45) is 7.05. The molecular formula is C19H22N4. The van der Waals surface area contributed by atoms with Gasteiger partial charge in [0.15, 0.2) is 5.65 Å². The molecule has 1 saturated carbocycles. The molecule has 4 rings (SSSR count). The van der Waals surface area contributed by atoms with Crippen LogP contribution in [-0.2, 0) is 0 Å². The second-order valence-corrected chi connectivity index (χ2v) is 6.46. The van der Waals surface area contributed by atoms with E-state index in [0.29, 0.717) is 6.04 Å². The minimum atomic E-state index is 0.558. The van der Waals surface area contributed by atoms with Crippen LogP contribution in [0.3, 0.4) is 0 Å². The maximum atomic E-state index is 4.81. The first kappa shape index (κ1) is 14.2. The zero-order chi connectivity index (χ0) is 15.8. The Morgan fingerprint density at radius 3 is 2.57 bits per heavy atom. The fraction of sp³-hybridized carbons (Fsp3) is 0.368. The predicted molar refractivity (Wildman–Crippen MR) is 93.8 cm³/mol. The number of aryl methyl sites for hydroxylation is 1. The molecule has 1 aromatic carbocycles. The average Bonchev–Trinajstić information content (AvgIpc) is 3.22. The molecule has 1 N–H and O–H groups in total. The van der Waals surface area contributed by atoms with Gasteiger partial charge in [-0.15, -0.1) is 0 Å². The van der Waals surface area contributed by atoms with E-state index in [-0.39, 0.29) is 0 Å². The third kappa shape index (κ3) is 2.48. The molecule has 0 radical (unpaired) electrons. The van der Waals surface area contributed by atoms with Gasteiger partial charge in [0.05, 0.1) is 6.20 Å². The van der Waals surface area contributed by atoms with Gasteiger partial charge in [-0.1, -0.05) is 43.2 Å². The highest BCUT2D eigenvalue weighted by atomic mass is 15.3. The van der Waals surface area contributed by atoms with E-state index in [1.54, 1.807) is 0 Å². The topological polar surface area (TPSA) is 42.2 Å². The molecule has 0 amide bonds. The highest BCUT2D eigenvalue weighted by Gasteiger charge is 2.20. The number of rotatable bonds is 3. The predicted octanol–water partition coefficient (Wildman–Crippen LogP) is 4.37. The van der Waals surface area contributed by atoms with Gasteiger partial charge in [-0.3, -0.25) is 0 Å². The number of hydrogen-bond acceptors (Lipinski definition) is 3. The summed E-state index contributed by atoms with van der Waals surface area (Å²) < 4.78 is 1.98. The Morgan fingerprint density at radius 2 is 1.83 bits per heavy atom. The molecule has 0 spiro atoms. The number of benzene rings is 1. The average molecular weight is 306 g/mol. The van der Waals surface area contributed by atoms with Gasteiger partial charge in [0.25, 0.3) is 0 Å². The van der Waals surface area contributed by atoms with Gasteiger partial charge in [0.2, 0.25) is 0 Å². The summed E-state index contributed by atoms with van der Waals surface area (Å²) in [5, 5.41) is 8.35. The van der Waals surface area contributed by atoms with E-state index in [9.17, 15) is 0 Å². The van der Waals surface area contributed by atoms with Crippen LogP contribution in [0.25, 0.3) is 16.8 Å². The van der Waals surface area contributed by atoms with E-state index in [4.69, 9.17) is 4.98 Å². The lowest BCUT2D eigenvalue weighted by Gasteiger charge is -2.18. The van der Waals surface area contributed by atoms with Gasteiger partial charge in [-0.25, -0.2) is 4.98 Å². The molecule has 23 heavy (non-hydrogen) atoms. The Balaban J connectivity index is 1.85. The molecule has 0 aliphatic heterocycles. The molecule has 0 unspecified atom stereocenters. The second kappa shape index (κ2) is 5.69. The summed E-state index contributed by atoms with van der Waals surface area (Å²) >= 11 is 0. The molecule has 4 heteroatoms. The van der Waals surface area contributed by atoms with Crippen LogP contribution in [0, 0.1) is 13.8 Å². The summed E-state index contributed by atoms with van der Waals surface area (Å²) in [4.78, 5) is 4.81. The molecule has 0 atom stereocenters. The minimum Gasteiger partial charge on any atom is -0.367 e. The lowest BCUT2D eigenvalue weighted by atomic mass is 10.1. The highest BCUT2D eigenvalue weighted by molar-refractivity contribution is 5.78. The molecule has 2 heterocycles. The van der Waals surface area contributed by atoms with Crippen molar-refractivity contribution in [3.63, 3.8) is 0 Å². The molecule has 3 aromatic rings. The Hall–Kier alpha value is -2.36. The van der Waals surface area contributed by atoms with Gasteiger partial charge in [-0.05, 0) is 32.3 Å². The van der Waals surface area contributed by atoms with Crippen LogP contribution >= 0.6 is 0 Å². The van der Waals surface area contributed by atoms with Crippen LogP contribution in [0.15, 0.2) is 36.5 Å². The van der Waals surface area contributed by atoms with Crippen molar-refractivity contribution in [2.24, 2.45) is 0 Å². The third-order valence-electron chi connectivity index (χ3n) is 4.91. The largest absolute Gasteiger partial charge is 0.367 e. The minimum absolute atomic E-state index is 0.558. The lowest BCUT2D eigenvalue weighted by Crippen LogP contribution is -2.19. The second-order valence-electron chi connectivity index (χ2n) is 6.46. The zero-order valence-electron chi connectivity index (χ0n) is 13.7. The molecular weight excluding hydrogens is 284 g/mol. The smallest absolute Gasteiger partial charge is 0.165 e. The molecule has 0 bridgehead atoms. The summed E-state index contributed by atoms with van der Waals surface area (Å²) in [5.74, 6) is 1.10. The summed E-state index contributed by atoms with van der Waals surface area (Å²) in [5.41, 5.74) is 5.43. The van der Waals surface area contributed by atoms with Crippen LogP contribution in [0.5, 0.6) is 0 Å². The molecule has 1 aliphatic carbocycles. The van der Waals surface area contributed by atoms with Crippen molar-refractivity contribution in [3.05, 3.63) is 47.8 Å². The molecule has 2 aromatic heterocycles. The Labute approximate surface area is 136 Å². The Kier molecular flexibility index (Phi) is 3.52. The molecule has 4 nitrogen and oxygen atoms in total. The zero-order valence-corrected chi connectivity index (χ0v) is 13.7. The van der Waals surface area contributed by atoms with E-state index in [1.165, 1.54) is 31.2 Å². The van der Waals surface area contributed by atoms with Gasteiger partial charge in [-0.2, -0.15) is 9.61 Å². The number of nitrogens with one attached hydrogen (secondary N) is 1. The Morgan fingerprint density at radius 1 is 1.09 bits per heavy atom. The van der Waals surface area contributed by atoms with Crippen LogP contribution < -0.4 is 5.32 Å². The SMILES string of the molecule is Cc1nc2c(-c3ccccc3)cnn2c(NC2CCCC2)c1C. The number of fused-ring (bicyclic) bond motifs is 1. The van der Waals surface area contributed by atoms with E-state index in [1.807, 2.05) is 16.8 Å². The van der Waals surface area contributed by atoms with E-state index < -0.39 is 0 Å². The number of anilines is 1. The van der Waals surface area contributed by atoms with Crippen molar-refractivity contribution in [2.45, 2.75) is 45.6 Å². The van der Waals surface area contributed by atoms with Crippen molar-refractivity contribution < 1.29 is 0 Å². The monoisotopic (exact) mass is 306 g/mol. The van der Waals surface area contributed by atoms with E-state index in [0.717, 1.165) is 28.3 Å². The number of hydrogen-bond donors (Lipinski definition) is 1. The van der Waals surface area contributed by atoms with Crippen molar-refractivity contribution in [1.82, 2.24) is 14.6 Å². The molecule has 1 fully saturated rings. The van der Waals surface area contributed by atoms with Crippen molar-refractivity contribution >= 4 is 11.5 Å². The van der Waals surface area contributed by atoms with Crippen LogP contribution in [0.4, 0.5) is 5.82 Å². The van der Waals surface area contributed by atoms with Crippen LogP contribution in [0.1, 0.15) is 36.9 Å². The first-order valence-corrected chi connectivity index (χ1v) is 8.41. The molecule has 1 aliphatic rings. The maximum Gasteiger partial charge on any atom is 0.165 e. The fourth-order valence-electron chi connectivity index (χ4n) is 3.44. The fourth-order valence-corrected chi connectivity index (χ4v) is 3.44. The lowest BCUT2D eigenvalue weighted by molar-refractivity contribution is 0.737. The summed E-state index contributed by atoms with van der Waals surface area (Å²) in [6, 6.07) is 10.9. The Bertz CT molecular complexity index is 829. The van der Waals surface area contributed by atoms with Crippen LogP contribution in [-0.4, -0.2) is 20.6 Å². The number of nitrogens with zero attached hydrogens (tertiary/aromatic N) is 3. The summed E-state index contributed by atoms with van der Waals surface area (Å²) in [7, 11) is 0. The van der Waals surface area contributed by atoms with Gasteiger partial charge in [0, 0.05) is 22.9 Å². The first-order chi connectivity index (χ1) is 11.2. The highest BCUT2D eigenvalue weighted by Crippen LogP contribution is 2.29. The van der Waals surface area contributed by atoms with E-state index >= 15 is 0 Å². The standard InChI is InChI=1S/C19H22N4/c1-13-14(2)21-19-17(15-8-4-3-5-9-15)12-20-23(19)18(13)22-16-10-6-7-11-16/h3-5,8-9,12,16,22H,6-7,10-11H2,1-2H3. The van der Waals surface area contributed by atoms with Gasteiger partial charge >= 0.3 is 0 Å². The number of aromatic nitrogens is 3. The van der Waals surface area contributed by atoms with Crippen LogP contribution in [0.2, 0.25) is 0 Å². The van der Waals surface area contributed by atoms with Crippen molar-refractivity contribution in [3.8, 4) is 11.1 Å². The molecule has 118 valence electrons. The van der Waals surface area contributed by atoms with Crippen molar-refractivity contribution in [2.75, 3.05) is 5.32 Å². The quantitative estimate of drug-likeness (QED) is 0.781. The third-order valence-corrected chi connectivity index (χ3v) is 4.91. The van der Waals surface area contributed by atoms with Gasteiger partial charge in [0.1, 0.15) is 5.82 Å². The van der Waals surface area contributed by atoms with E-state index in [2.05, 4.69) is 48.5 Å². The summed E-state index contributed by atoms with van der Waals surface area (Å²) in [6.45, 7) is 4.21.